The highest BCUT2D eigenvalue weighted by molar-refractivity contribution is 7.26. The molecule has 248 valence electrons. The minimum atomic E-state index is 1.13. The first-order valence-corrected chi connectivity index (χ1v) is 19.6. The van der Waals surface area contributed by atoms with Crippen molar-refractivity contribution in [1.29, 1.82) is 0 Å². The Labute approximate surface area is 315 Å². The molecule has 0 radical (unpaired) electrons. The van der Waals surface area contributed by atoms with Crippen LogP contribution in [0.3, 0.4) is 0 Å². The van der Waals surface area contributed by atoms with Crippen LogP contribution in [-0.4, -0.2) is 0 Å². The first-order valence-electron chi connectivity index (χ1n) is 18.0. The van der Waals surface area contributed by atoms with E-state index in [4.69, 9.17) is 0 Å². The lowest BCUT2D eigenvalue weighted by Gasteiger charge is -2.29. The SMILES string of the molecule is c1ccc(-c2cc(N(c3cc4ccccc4c4ccccc34)c3cccc4c3sc3ccccc34)ccc2-c2ccc3sc4ccccc4c3c2)cc1. The van der Waals surface area contributed by atoms with Crippen LogP contribution in [0.2, 0.25) is 0 Å². The predicted octanol–water partition coefficient (Wildman–Crippen LogP) is 15.5. The number of nitrogens with zero attached hydrogens (tertiary/aromatic N) is 1. The van der Waals surface area contributed by atoms with Gasteiger partial charge in [0.2, 0.25) is 0 Å². The molecule has 0 fully saturated rings. The molecule has 0 atom stereocenters. The molecule has 0 N–H and O–H groups in total. The normalized spacial score (nSPS) is 11.8. The van der Waals surface area contributed by atoms with Crippen molar-refractivity contribution in [1.82, 2.24) is 0 Å². The summed E-state index contributed by atoms with van der Waals surface area (Å²) in [7, 11) is 0. The van der Waals surface area contributed by atoms with E-state index in [2.05, 4.69) is 193 Å². The molecular formula is C50H31NS2. The molecule has 0 aliphatic carbocycles. The fraction of sp³-hybridized carbons (Fsp3) is 0. The average Bonchev–Trinajstić information content (AvgIpc) is 3.80. The van der Waals surface area contributed by atoms with Crippen molar-refractivity contribution in [3.8, 4) is 22.3 Å². The number of anilines is 3. The standard InChI is InChI=1S/C50H31NS2/c1-2-13-32(14-3-1)43-31-35(26-27-37(43)34-25-28-49-44(29-34)41-20-9-10-23-47(41)52-49)51(45-22-12-21-42-40-19-8-11-24-48(40)53-50(42)45)46-30-33-15-4-5-16-36(33)38-17-6-7-18-39(38)46/h1-31H. The third-order valence-corrected chi connectivity index (χ3v) is 13.0. The van der Waals surface area contributed by atoms with E-state index in [0.29, 0.717) is 0 Å². The molecule has 2 heterocycles. The van der Waals surface area contributed by atoms with Crippen LogP contribution in [0.4, 0.5) is 17.1 Å². The predicted molar refractivity (Wildman–Crippen MR) is 233 cm³/mol. The fourth-order valence-electron chi connectivity index (χ4n) is 8.21. The van der Waals surface area contributed by atoms with Crippen LogP contribution < -0.4 is 4.90 Å². The first kappa shape index (κ1) is 30.4. The highest BCUT2D eigenvalue weighted by atomic mass is 32.1. The van der Waals surface area contributed by atoms with Gasteiger partial charge < -0.3 is 4.90 Å². The minimum Gasteiger partial charge on any atom is -0.308 e. The summed E-state index contributed by atoms with van der Waals surface area (Å²) >= 11 is 3.74. The van der Waals surface area contributed by atoms with Crippen LogP contribution >= 0.6 is 22.7 Å². The van der Waals surface area contributed by atoms with Gasteiger partial charge in [0.1, 0.15) is 0 Å². The monoisotopic (exact) mass is 709 g/mol. The smallest absolute Gasteiger partial charge is 0.0640 e. The number of benzene rings is 9. The van der Waals surface area contributed by atoms with Gasteiger partial charge in [0.05, 0.1) is 16.1 Å². The molecular weight excluding hydrogens is 679 g/mol. The molecule has 0 bridgehead atoms. The summed E-state index contributed by atoms with van der Waals surface area (Å²) in [4.78, 5) is 2.51. The van der Waals surface area contributed by atoms with Gasteiger partial charge in [0.25, 0.3) is 0 Å². The lowest BCUT2D eigenvalue weighted by atomic mass is 9.92. The van der Waals surface area contributed by atoms with Gasteiger partial charge in [-0.3, -0.25) is 0 Å². The van der Waals surface area contributed by atoms with Gasteiger partial charge in [-0.25, -0.2) is 0 Å². The van der Waals surface area contributed by atoms with Crippen LogP contribution in [0, 0.1) is 0 Å². The molecule has 0 unspecified atom stereocenters. The number of rotatable bonds is 5. The molecule has 0 saturated heterocycles. The Kier molecular flexibility index (Phi) is 6.97. The maximum Gasteiger partial charge on any atom is 0.0640 e. The quantitative estimate of drug-likeness (QED) is 0.161. The van der Waals surface area contributed by atoms with Crippen LogP contribution in [0.5, 0.6) is 0 Å². The second-order valence-corrected chi connectivity index (χ2v) is 15.8. The molecule has 9 aromatic carbocycles. The summed E-state index contributed by atoms with van der Waals surface area (Å²) in [6.45, 7) is 0. The van der Waals surface area contributed by atoms with E-state index < -0.39 is 0 Å². The third kappa shape index (κ3) is 4.89. The lowest BCUT2D eigenvalue weighted by Crippen LogP contribution is -2.11. The average molecular weight is 710 g/mol. The Morgan fingerprint density at radius 2 is 0.962 bits per heavy atom. The number of fused-ring (bicyclic) bond motifs is 9. The summed E-state index contributed by atoms with van der Waals surface area (Å²) < 4.78 is 5.23. The summed E-state index contributed by atoms with van der Waals surface area (Å²) in [5, 5.41) is 10.2. The number of thiophene rings is 2. The Bertz CT molecular complexity index is 3190. The molecule has 0 saturated carbocycles. The Hall–Kier alpha value is -6.26. The van der Waals surface area contributed by atoms with E-state index in [1.54, 1.807) is 0 Å². The topological polar surface area (TPSA) is 3.24 Å². The number of hydrogen-bond acceptors (Lipinski definition) is 3. The highest BCUT2D eigenvalue weighted by Gasteiger charge is 2.22. The van der Waals surface area contributed by atoms with Gasteiger partial charge in [-0.05, 0) is 86.9 Å². The Morgan fingerprint density at radius 3 is 1.79 bits per heavy atom. The summed E-state index contributed by atoms with van der Waals surface area (Å²) in [5.74, 6) is 0. The summed E-state index contributed by atoms with van der Waals surface area (Å²) in [5.41, 5.74) is 8.33. The fourth-order valence-corrected chi connectivity index (χ4v) is 10.5. The van der Waals surface area contributed by atoms with Crippen LogP contribution in [0.1, 0.15) is 0 Å². The van der Waals surface area contributed by atoms with Gasteiger partial charge in [-0.2, -0.15) is 0 Å². The van der Waals surface area contributed by atoms with Crippen molar-refractivity contribution in [2.24, 2.45) is 0 Å². The Balaban J connectivity index is 1.21. The maximum absolute atomic E-state index is 2.51. The van der Waals surface area contributed by atoms with Crippen LogP contribution in [-0.2, 0) is 0 Å². The molecule has 3 heteroatoms. The van der Waals surface area contributed by atoms with Crippen molar-refractivity contribution in [3.63, 3.8) is 0 Å². The zero-order chi connectivity index (χ0) is 34.9. The largest absolute Gasteiger partial charge is 0.308 e. The summed E-state index contributed by atoms with van der Waals surface area (Å²) in [6, 6.07) is 69.3. The second-order valence-electron chi connectivity index (χ2n) is 13.7. The van der Waals surface area contributed by atoms with Crippen LogP contribution in [0.15, 0.2) is 188 Å². The van der Waals surface area contributed by atoms with Crippen LogP contribution in [0.25, 0.3) is 84.1 Å². The lowest BCUT2D eigenvalue weighted by molar-refractivity contribution is 1.32. The van der Waals surface area contributed by atoms with E-state index >= 15 is 0 Å². The molecule has 0 amide bonds. The Morgan fingerprint density at radius 1 is 0.321 bits per heavy atom. The van der Waals surface area contributed by atoms with Gasteiger partial charge in [0, 0.05) is 46.7 Å². The van der Waals surface area contributed by atoms with Gasteiger partial charge in [-0.1, -0.05) is 140 Å². The highest BCUT2D eigenvalue weighted by Crippen LogP contribution is 2.49. The second kappa shape index (κ2) is 12.2. The molecule has 11 aromatic rings. The molecule has 0 aliphatic heterocycles. The number of hydrogen-bond donors (Lipinski definition) is 0. The van der Waals surface area contributed by atoms with E-state index in [-0.39, 0.29) is 0 Å². The molecule has 11 rings (SSSR count). The van der Waals surface area contributed by atoms with E-state index in [1.807, 2.05) is 22.7 Å². The van der Waals surface area contributed by atoms with E-state index in [9.17, 15) is 0 Å². The summed E-state index contributed by atoms with van der Waals surface area (Å²) in [6.07, 6.45) is 0. The minimum absolute atomic E-state index is 1.13. The van der Waals surface area contributed by atoms with Crippen molar-refractivity contribution < 1.29 is 0 Å². The molecule has 0 spiro atoms. The van der Waals surface area contributed by atoms with E-state index in [0.717, 1.165) is 5.69 Å². The van der Waals surface area contributed by atoms with Gasteiger partial charge in [-0.15, -0.1) is 22.7 Å². The zero-order valence-corrected chi connectivity index (χ0v) is 30.3. The van der Waals surface area contributed by atoms with Crippen molar-refractivity contribution in [2.45, 2.75) is 0 Å². The van der Waals surface area contributed by atoms with Gasteiger partial charge in [0.15, 0.2) is 0 Å². The molecule has 53 heavy (non-hydrogen) atoms. The van der Waals surface area contributed by atoms with Crippen molar-refractivity contribution >= 4 is 102 Å². The molecule has 1 nitrogen and oxygen atoms in total. The first-order chi connectivity index (χ1) is 26.3. The van der Waals surface area contributed by atoms with Crippen molar-refractivity contribution in [2.75, 3.05) is 4.90 Å². The van der Waals surface area contributed by atoms with E-state index in [1.165, 1.54) is 95.5 Å². The third-order valence-electron chi connectivity index (χ3n) is 10.6. The van der Waals surface area contributed by atoms with Crippen molar-refractivity contribution in [3.05, 3.63) is 188 Å². The molecule has 2 aromatic heterocycles. The molecule has 0 aliphatic rings. The maximum atomic E-state index is 2.51. The zero-order valence-electron chi connectivity index (χ0n) is 28.7. The van der Waals surface area contributed by atoms with Gasteiger partial charge >= 0.3 is 0 Å².